The molecule has 2 nitrogen and oxygen atoms in total. The summed E-state index contributed by atoms with van der Waals surface area (Å²) < 4.78 is 12.2. The number of alkyl halides is 1. The molecule has 1 fully saturated rings. The van der Waals surface area contributed by atoms with Gasteiger partial charge in [0.1, 0.15) is 0 Å². The minimum atomic E-state index is -0.805. The Morgan fingerprint density at radius 3 is 2.77 bits per heavy atom. The molecule has 3 heteroatoms. The van der Waals surface area contributed by atoms with Gasteiger partial charge in [-0.2, -0.15) is 0 Å². The maximum absolute atomic E-state index is 12.2. The van der Waals surface area contributed by atoms with Gasteiger partial charge in [0, 0.05) is 0 Å². The van der Waals surface area contributed by atoms with E-state index >= 15 is 0 Å². The summed E-state index contributed by atoms with van der Waals surface area (Å²) >= 11 is 0. The van der Waals surface area contributed by atoms with Crippen molar-refractivity contribution in [1.29, 1.82) is 0 Å². The third-order valence-electron chi connectivity index (χ3n) is 3.31. The van der Waals surface area contributed by atoms with Crippen LogP contribution in [0.5, 0.6) is 0 Å². The summed E-state index contributed by atoms with van der Waals surface area (Å²) in [5.74, 6) is -0.316. The number of carboxylic acid groups (broad SMARTS) is 1. The fourth-order valence-corrected chi connectivity index (χ4v) is 2.29. The zero-order valence-electron chi connectivity index (χ0n) is 8.05. The summed E-state index contributed by atoms with van der Waals surface area (Å²) in [6.07, 6.45) is 3.48. The van der Waals surface area contributed by atoms with Crippen LogP contribution < -0.4 is 0 Å². The van der Waals surface area contributed by atoms with Gasteiger partial charge in [0.15, 0.2) is 0 Å². The summed E-state index contributed by atoms with van der Waals surface area (Å²) in [4.78, 5) is 11.0. The molecule has 1 aliphatic rings. The molecule has 0 spiro atoms. The second kappa shape index (κ2) is 4.07. The van der Waals surface area contributed by atoms with Crippen molar-refractivity contribution in [2.24, 2.45) is 11.3 Å². The Hall–Kier alpha value is -0.600. The van der Waals surface area contributed by atoms with E-state index in [1.807, 2.05) is 0 Å². The molecule has 1 aliphatic carbocycles. The Bertz CT molecular complexity index is 193. The van der Waals surface area contributed by atoms with Crippen LogP contribution in [0.25, 0.3) is 0 Å². The average Bonchev–Trinajstić information content (AvgIpc) is 2.50. The van der Waals surface area contributed by atoms with Gasteiger partial charge in [0.25, 0.3) is 0 Å². The van der Waals surface area contributed by atoms with Crippen molar-refractivity contribution in [3.8, 4) is 0 Å². The van der Waals surface area contributed by atoms with Crippen molar-refractivity contribution >= 4 is 5.97 Å². The van der Waals surface area contributed by atoms with Crippen LogP contribution in [0.3, 0.4) is 0 Å². The maximum atomic E-state index is 12.2. The molecule has 0 aliphatic heterocycles. The van der Waals surface area contributed by atoms with Crippen LogP contribution in [0.4, 0.5) is 4.39 Å². The van der Waals surface area contributed by atoms with Crippen LogP contribution in [-0.2, 0) is 4.79 Å². The van der Waals surface area contributed by atoms with Crippen LogP contribution in [0.1, 0.15) is 39.0 Å². The topological polar surface area (TPSA) is 37.3 Å². The first-order valence-corrected chi connectivity index (χ1v) is 4.94. The summed E-state index contributed by atoms with van der Waals surface area (Å²) in [6, 6.07) is 0. The highest BCUT2D eigenvalue weighted by Crippen LogP contribution is 2.45. The van der Waals surface area contributed by atoms with Crippen molar-refractivity contribution in [3.05, 3.63) is 0 Å². The Balaban J connectivity index is 2.65. The Morgan fingerprint density at radius 2 is 2.38 bits per heavy atom. The lowest BCUT2D eigenvalue weighted by Crippen LogP contribution is -2.28. The fourth-order valence-electron chi connectivity index (χ4n) is 2.29. The lowest BCUT2D eigenvalue weighted by Gasteiger charge is -2.22. The second-order valence-electron chi connectivity index (χ2n) is 4.04. The van der Waals surface area contributed by atoms with Gasteiger partial charge in [-0.05, 0) is 31.6 Å². The Kier molecular flexibility index (Phi) is 3.28. The average molecular weight is 188 g/mol. The number of hydrogen-bond donors (Lipinski definition) is 1. The van der Waals surface area contributed by atoms with Gasteiger partial charge in [0.05, 0.1) is 12.1 Å². The molecular weight excluding hydrogens is 171 g/mol. The molecule has 0 radical (unpaired) electrons. The summed E-state index contributed by atoms with van der Waals surface area (Å²) in [7, 11) is 0. The first-order chi connectivity index (χ1) is 6.14. The van der Waals surface area contributed by atoms with E-state index in [-0.39, 0.29) is 6.42 Å². The van der Waals surface area contributed by atoms with Crippen molar-refractivity contribution in [2.75, 3.05) is 6.67 Å². The predicted octanol–water partition coefficient (Wildman–Crippen LogP) is 2.63. The molecule has 1 rings (SSSR count). The van der Waals surface area contributed by atoms with E-state index in [1.165, 1.54) is 0 Å². The van der Waals surface area contributed by atoms with Gasteiger partial charge < -0.3 is 5.11 Å². The molecule has 2 atom stereocenters. The Morgan fingerprint density at radius 1 is 1.69 bits per heavy atom. The quantitative estimate of drug-likeness (QED) is 0.736. The molecule has 1 N–H and O–H groups in total. The lowest BCUT2D eigenvalue weighted by molar-refractivity contribution is -0.149. The highest BCUT2D eigenvalue weighted by atomic mass is 19.1. The first kappa shape index (κ1) is 10.5. The van der Waals surface area contributed by atoms with E-state index in [4.69, 9.17) is 5.11 Å². The molecule has 0 saturated heterocycles. The van der Waals surface area contributed by atoms with Crippen molar-refractivity contribution < 1.29 is 14.3 Å². The molecule has 2 unspecified atom stereocenters. The van der Waals surface area contributed by atoms with E-state index in [2.05, 4.69) is 6.92 Å². The predicted molar refractivity (Wildman–Crippen MR) is 48.3 cm³/mol. The van der Waals surface area contributed by atoms with Gasteiger partial charge in [-0.25, -0.2) is 0 Å². The summed E-state index contributed by atoms with van der Waals surface area (Å²) in [5.41, 5.74) is -0.741. The van der Waals surface area contributed by atoms with Crippen molar-refractivity contribution in [3.63, 3.8) is 0 Å². The number of aliphatic carboxylic acids is 1. The van der Waals surface area contributed by atoms with Crippen LogP contribution in [0.15, 0.2) is 0 Å². The lowest BCUT2D eigenvalue weighted by atomic mass is 9.82. The van der Waals surface area contributed by atoms with Crippen LogP contribution in [0.2, 0.25) is 0 Å². The van der Waals surface area contributed by atoms with E-state index in [0.29, 0.717) is 18.8 Å². The molecule has 76 valence electrons. The first-order valence-electron chi connectivity index (χ1n) is 4.94. The van der Waals surface area contributed by atoms with Crippen molar-refractivity contribution in [1.82, 2.24) is 0 Å². The fraction of sp³-hybridized carbons (Fsp3) is 0.900. The highest BCUT2D eigenvalue weighted by Gasteiger charge is 2.44. The van der Waals surface area contributed by atoms with E-state index in [1.54, 1.807) is 0 Å². The summed E-state index contributed by atoms with van der Waals surface area (Å²) in [5, 5.41) is 9.04. The zero-order valence-corrected chi connectivity index (χ0v) is 8.05. The van der Waals surface area contributed by atoms with E-state index in [0.717, 1.165) is 12.8 Å². The maximum Gasteiger partial charge on any atom is 0.309 e. The molecular formula is C10H17FO2. The number of rotatable bonds is 4. The molecule has 0 aromatic carbocycles. The molecule has 0 aromatic heterocycles. The standard InChI is InChI=1S/C10H17FO2/c1-2-8-3-4-10(7-8,5-6-11)9(12)13/h8H,2-7H2,1H3,(H,12,13). The molecule has 0 amide bonds. The Labute approximate surface area is 78.1 Å². The third kappa shape index (κ3) is 2.01. The SMILES string of the molecule is CCC1CCC(CCF)(C(=O)O)C1. The van der Waals surface area contributed by atoms with Gasteiger partial charge in [-0.3, -0.25) is 9.18 Å². The smallest absolute Gasteiger partial charge is 0.309 e. The number of hydrogen-bond acceptors (Lipinski definition) is 1. The van der Waals surface area contributed by atoms with Gasteiger partial charge in [-0.1, -0.05) is 13.3 Å². The molecule has 13 heavy (non-hydrogen) atoms. The normalized spacial score (nSPS) is 33.5. The number of halogens is 1. The monoisotopic (exact) mass is 188 g/mol. The molecule has 0 bridgehead atoms. The third-order valence-corrected chi connectivity index (χ3v) is 3.31. The van der Waals surface area contributed by atoms with Crippen LogP contribution >= 0.6 is 0 Å². The zero-order chi connectivity index (χ0) is 9.90. The van der Waals surface area contributed by atoms with Crippen LogP contribution in [0, 0.1) is 11.3 Å². The number of carbonyl (C=O) groups is 1. The minimum absolute atomic E-state index is 0.193. The summed E-state index contributed by atoms with van der Waals surface area (Å²) in [6.45, 7) is 1.56. The van der Waals surface area contributed by atoms with E-state index < -0.39 is 18.1 Å². The number of carboxylic acids is 1. The minimum Gasteiger partial charge on any atom is -0.481 e. The van der Waals surface area contributed by atoms with Gasteiger partial charge >= 0.3 is 5.97 Å². The van der Waals surface area contributed by atoms with Crippen molar-refractivity contribution in [2.45, 2.75) is 39.0 Å². The van der Waals surface area contributed by atoms with Gasteiger partial charge in [0.2, 0.25) is 0 Å². The highest BCUT2D eigenvalue weighted by molar-refractivity contribution is 5.75. The van der Waals surface area contributed by atoms with E-state index in [9.17, 15) is 9.18 Å². The van der Waals surface area contributed by atoms with Gasteiger partial charge in [-0.15, -0.1) is 0 Å². The largest absolute Gasteiger partial charge is 0.481 e. The molecule has 1 saturated carbocycles. The second-order valence-corrected chi connectivity index (χ2v) is 4.04. The molecule has 0 aromatic rings. The molecule has 0 heterocycles. The van der Waals surface area contributed by atoms with Crippen LogP contribution in [-0.4, -0.2) is 17.8 Å².